The smallest absolute Gasteiger partial charge is 0.230 e. The van der Waals surface area contributed by atoms with Gasteiger partial charge in [-0.2, -0.15) is 0 Å². The van der Waals surface area contributed by atoms with E-state index in [1.54, 1.807) is 25.1 Å². The zero-order valence-electron chi connectivity index (χ0n) is 25.3. The number of phenolic OH excluding ortho intramolecular Hbond substituents is 1. The van der Waals surface area contributed by atoms with Crippen molar-refractivity contribution in [3.8, 4) is 16.9 Å². The number of ketones is 2. The van der Waals surface area contributed by atoms with Crippen molar-refractivity contribution in [1.82, 2.24) is 0 Å². The number of carbonyl (C=O) groups is 4. The Morgan fingerprint density at radius 2 is 1.66 bits per heavy atom. The fourth-order valence-electron chi connectivity index (χ4n) is 9.13. The Hall–Kier alpha value is -3.60. The van der Waals surface area contributed by atoms with Crippen LogP contribution >= 0.6 is 0 Å². The molecule has 0 aliphatic heterocycles. The fraction of sp³-hybridized carbons (Fsp3) is 0.529. The van der Waals surface area contributed by atoms with Crippen LogP contribution in [-0.2, 0) is 20.8 Å². The molecule has 0 radical (unpaired) electrons. The summed E-state index contributed by atoms with van der Waals surface area (Å²) in [6.45, 7) is 7.08. The molecule has 2 aromatic carbocycles. The molecule has 10 heteroatoms. The molecule has 6 rings (SSSR count). The Kier molecular flexibility index (Phi) is 6.88. The van der Waals surface area contributed by atoms with E-state index in [9.17, 15) is 39.6 Å². The Morgan fingerprint density at radius 3 is 2.23 bits per heavy atom. The predicted molar refractivity (Wildman–Crippen MR) is 160 cm³/mol. The van der Waals surface area contributed by atoms with E-state index in [0.29, 0.717) is 16.8 Å². The Labute approximate surface area is 255 Å². The highest BCUT2D eigenvalue weighted by Gasteiger charge is 2.75. The minimum atomic E-state index is -2.55. The highest BCUT2D eigenvalue weighted by molar-refractivity contribution is 6.09. The van der Waals surface area contributed by atoms with Gasteiger partial charge in [-0.25, -0.2) is 0 Å². The van der Waals surface area contributed by atoms with Crippen molar-refractivity contribution >= 4 is 29.1 Å². The van der Waals surface area contributed by atoms with Gasteiger partial charge in [0.1, 0.15) is 17.8 Å². The summed E-state index contributed by atoms with van der Waals surface area (Å²) >= 11 is 0. The maximum atomic E-state index is 14.3. The number of amides is 2. The number of hydrogen-bond donors (Lipinski definition) is 6. The van der Waals surface area contributed by atoms with Crippen molar-refractivity contribution < 1.29 is 39.6 Å². The van der Waals surface area contributed by atoms with Gasteiger partial charge >= 0.3 is 0 Å². The molecule has 3 fully saturated rings. The van der Waals surface area contributed by atoms with Gasteiger partial charge in [0.15, 0.2) is 17.2 Å². The molecule has 7 N–H and O–H groups in total. The largest absolute Gasteiger partial charge is 0.507 e. The molecule has 0 bridgehead atoms. The van der Waals surface area contributed by atoms with E-state index in [1.807, 2.05) is 32.9 Å². The summed E-state index contributed by atoms with van der Waals surface area (Å²) in [5.74, 6) is -7.21. The Bertz CT molecular complexity index is 1580. The summed E-state index contributed by atoms with van der Waals surface area (Å²) < 4.78 is 0. The summed E-state index contributed by atoms with van der Waals surface area (Å²) in [7, 11) is 0. The molecular weight excluding hydrogens is 564 g/mol. The van der Waals surface area contributed by atoms with Crippen molar-refractivity contribution in [3.05, 3.63) is 47.5 Å². The average Bonchev–Trinajstić information content (AvgIpc) is 3.77. The van der Waals surface area contributed by atoms with E-state index in [0.717, 1.165) is 18.4 Å². The van der Waals surface area contributed by atoms with Gasteiger partial charge in [0, 0.05) is 17.0 Å². The van der Waals surface area contributed by atoms with Gasteiger partial charge in [-0.1, -0.05) is 45.9 Å². The van der Waals surface area contributed by atoms with Crippen LogP contribution in [0.5, 0.6) is 5.75 Å². The van der Waals surface area contributed by atoms with Crippen LogP contribution < -0.4 is 11.1 Å². The lowest BCUT2D eigenvalue weighted by atomic mass is 9.39. The van der Waals surface area contributed by atoms with Gasteiger partial charge in [0.25, 0.3) is 0 Å². The molecule has 8 atom stereocenters. The molecule has 0 saturated heterocycles. The van der Waals surface area contributed by atoms with Gasteiger partial charge in [-0.3, -0.25) is 19.2 Å². The topological polar surface area (TPSA) is 187 Å². The normalized spacial score (nSPS) is 36.3. The molecule has 0 heterocycles. The number of aliphatic hydroxyl groups excluding tert-OH is 2. The Morgan fingerprint density at radius 1 is 1.02 bits per heavy atom. The number of nitrogens with two attached hydrogens (primary N) is 1. The number of Topliss-reactive ketones (excluding diaryl/α,β-unsaturated/α-hetero) is 2. The number of benzene rings is 2. The highest BCUT2D eigenvalue weighted by atomic mass is 16.4. The van der Waals surface area contributed by atoms with Gasteiger partial charge in [0.05, 0.1) is 17.6 Å². The standard InChI is InChI=1S/C34H40N2O8/c1-15(2)24-27(39)23(30(35)42)28(40)34(44)29(41)25-26(38)22-20(13-32(25,3)14-33(24,34)4)19(11-12-21(22)37)16-7-9-18(10-8-16)36-31(43)17-5-6-17/h7-12,15,17,23-25,27,29,37,39,41,44H,5-6,13-14H2,1-4H3,(H2,35,42)(H,36,43)/t23-,24+,25-,27?,29?,32-,33-,34+/m1/s1. The number of primary amides is 1. The van der Waals surface area contributed by atoms with Crippen LogP contribution in [0.25, 0.3) is 11.1 Å². The molecule has 44 heavy (non-hydrogen) atoms. The van der Waals surface area contributed by atoms with Crippen LogP contribution in [0.15, 0.2) is 36.4 Å². The first kappa shape index (κ1) is 30.4. The summed E-state index contributed by atoms with van der Waals surface area (Å²) in [5, 5.41) is 49.3. The minimum Gasteiger partial charge on any atom is -0.507 e. The first-order valence-corrected chi connectivity index (χ1v) is 15.3. The van der Waals surface area contributed by atoms with E-state index in [-0.39, 0.29) is 41.9 Å². The van der Waals surface area contributed by atoms with E-state index in [4.69, 9.17) is 5.73 Å². The number of phenols is 1. The number of fused-ring (bicyclic) bond motifs is 3. The number of aromatic hydroxyl groups is 1. The highest BCUT2D eigenvalue weighted by Crippen LogP contribution is 2.66. The Balaban J connectivity index is 1.45. The maximum absolute atomic E-state index is 14.3. The second kappa shape index (κ2) is 9.95. The molecule has 3 saturated carbocycles. The van der Waals surface area contributed by atoms with Gasteiger partial charge in [-0.05, 0) is 77.8 Å². The van der Waals surface area contributed by atoms with E-state index in [1.165, 1.54) is 6.07 Å². The van der Waals surface area contributed by atoms with Crippen molar-refractivity contribution in [2.75, 3.05) is 5.32 Å². The molecule has 2 unspecified atom stereocenters. The number of nitrogens with one attached hydrogen (secondary N) is 1. The lowest BCUT2D eigenvalue weighted by molar-refractivity contribution is -0.265. The van der Waals surface area contributed by atoms with Crippen molar-refractivity contribution in [1.29, 1.82) is 0 Å². The zero-order chi connectivity index (χ0) is 32.1. The molecule has 10 nitrogen and oxygen atoms in total. The second-order valence-electron chi connectivity index (χ2n) is 14.3. The third-order valence-corrected chi connectivity index (χ3v) is 11.1. The molecule has 2 aromatic rings. The van der Waals surface area contributed by atoms with Crippen molar-refractivity contribution in [3.63, 3.8) is 0 Å². The molecule has 4 aliphatic rings. The van der Waals surface area contributed by atoms with Crippen LogP contribution in [0.1, 0.15) is 62.9 Å². The van der Waals surface area contributed by atoms with Gasteiger partial charge in [0.2, 0.25) is 11.8 Å². The fourth-order valence-corrected chi connectivity index (χ4v) is 9.13. The summed E-state index contributed by atoms with van der Waals surface area (Å²) in [6.07, 6.45) is -1.34. The quantitative estimate of drug-likeness (QED) is 0.281. The molecule has 0 aromatic heterocycles. The molecule has 4 aliphatic carbocycles. The van der Waals surface area contributed by atoms with Crippen LogP contribution in [0, 0.1) is 40.4 Å². The van der Waals surface area contributed by atoms with Crippen LogP contribution in [0.4, 0.5) is 5.69 Å². The summed E-state index contributed by atoms with van der Waals surface area (Å²) in [5.41, 5.74) is 3.25. The lowest BCUT2D eigenvalue weighted by Gasteiger charge is -2.66. The predicted octanol–water partition coefficient (Wildman–Crippen LogP) is 2.59. The number of aliphatic hydroxyl groups is 3. The maximum Gasteiger partial charge on any atom is 0.230 e. The van der Waals surface area contributed by atoms with Crippen molar-refractivity contribution in [2.45, 2.75) is 71.2 Å². The zero-order valence-corrected chi connectivity index (χ0v) is 25.3. The minimum absolute atomic E-state index is 0.0116. The first-order chi connectivity index (χ1) is 20.6. The van der Waals surface area contributed by atoms with Gasteiger partial charge < -0.3 is 31.5 Å². The summed E-state index contributed by atoms with van der Waals surface area (Å²) in [6, 6.07) is 10.4. The number of anilines is 1. The van der Waals surface area contributed by atoms with E-state index >= 15 is 0 Å². The number of rotatable bonds is 5. The van der Waals surface area contributed by atoms with E-state index in [2.05, 4.69) is 5.32 Å². The second-order valence-corrected chi connectivity index (χ2v) is 14.3. The van der Waals surface area contributed by atoms with Gasteiger partial charge in [-0.15, -0.1) is 0 Å². The lowest BCUT2D eigenvalue weighted by Crippen LogP contribution is -2.79. The van der Waals surface area contributed by atoms with Crippen LogP contribution in [0.2, 0.25) is 0 Å². The SMILES string of the molecule is CC(C)[C@H]1C(O)[C@@H](C(N)=O)C(=O)[C@]2(O)C(O)[C@H]3C(=O)c4c(O)ccc(-c5ccc(NC(=O)C6CC6)cc5)c4C[C@]3(C)C[C@]12C. The van der Waals surface area contributed by atoms with E-state index < -0.39 is 63.9 Å². The number of carbonyl (C=O) groups excluding carboxylic acids is 4. The third kappa shape index (κ3) is 4.10. The number of hydrogen-bond acceptors (Lipinski definition) is 8. The monoisotopic (exact) mass is 604 g/mol. The third-order valence-electron chi connectivity index (χ3n) is 11.1. The van der Waals surface area contributed by atoms with Crippen LogP contribution in [-0.4, -0.2) is 61.6 Å². The molecule has 0 spiro atoms. The van der Waals surface area contributed by atoms with Crippen LogP contribution in [0.3, 0.4) is 0 Å². The average molecular weight is 605 g/mol. The molecule has 234 valence electrons. The first-order valence-electron chi connectivity index (χ1n) is 15.3. The van der Waals surface area contributed by atoms with Crippen molar-refractivity contribution in [2.24, 2.45) is 46.2 Å². The summed E-state index contributed by atoms with van der Waals surface area (Å²) in [4.78, 5) is 52.8. The molecule has 2 amide bonds. The molecular formula is C34H40N2O8.